The second kappa shape index (κ2) is 13.7. The molecule has 1 saturated heterocycles. The summed E-state index contributed by atoms with van der Waals surface area (Å²) in [6.45, 7) is 9.40. The van der Waals surface area contributed by atoms with Crippen LogP contribution in [0.5, 0.6) is 11.5 Å². The maximum atomic E-state index is 13.2. The summed E-state index contributed by atoms with van der Waals surface area (Å²) in [5.74, 6) is -4.41. The number of aromatic nitrogens is 1. The number of esters is 3. The zero-order valence-corrected chi connectivity index (χ0v) is 23.8. The fourth-order valence-corrected chi connectivity index (χ4v) is 3.95. The predicted octanol–water partition coefficient (Wildman–Crippen LogP) is 3.46. The number of carbonyl (C=O) groups excluding carboxylic acids is 5. The van der Waals surface area contributed by atoms with Crippen LogP contribution in [0.15, 0.2) is 36.5 Å². The van der Waals surface area contributed by atoms with Gasteiger partial charge in [-0.25, -0.2) is 14.6 Å². The molecule has 220 valence electrons. The van der Waals surface area contributed by atoms with Gasteiger partial charge in [0.1, 0.15) is 18.5 Å². The number of aryl methyl sites for hydroxylation is 2. The highest BCUT2D eigenvalue weighted by Crippen LogP contribution is 2.25. The van der Waals surface area contributed by atoms with Gasteiger partial charge in [0, 0.05) is 6.20 Å². The highest BCUT2D eigenvalue weighted by molar-refractivity contribution is 5.98. The Kier molecular flexibility index (Phi) is 10.4. The average molecular weight is 571 g/mol. The summed E-state index contributed by atoms with van der Waals surface area (Å²) in [5, 5.41) is 2.43. The van der Waals surface area contributed by atoms with Crippen LogP contribution in [0.25, 0.3) is 0 Å². The Morgan fingerprint density at radius 1 is 1.05 bits per heavy atom. The van der Waals surface area contributed by atoms with Crippen LogP contribution in [0.1, 0.15) is 55.7 Å². The van der Waals surface area contributed by atoms with Crippen LogP contribution in [0, 0.1) is 25.7 Å². The summed E-state index contributed by atoms with van der Waals surface area (Å²) >= 11 is 0. The average Bonchev–Trinajstić information content (AvgIpc) is 2.95. The fourth-order valence-electron chi connectivity index (χ4n) is 3.95. The Balaban J connectivity index is 1.78. The number of carbonyl (C=O) groups is 5. The van der Waals surface area contributed by atoms with Gasteiger partial charge in [-0.2, -0.15) is 0 Å². The number of hydrogen-bond donors (Lipinski definition) is 1. The van der Waals surface area contributed by atoms with E-state index in [4.69, 9.17) is 23.7 Å². The summed E-state index contributed by atoms with van der Waals surface area (Å²) in [4.78, 5) is 67.9. The lowest BCUT2D eigenvalue weighted by Crippen LogP contribution is -2.47. The molecule has 3 rings (SSSR count). The number of hydrogen-bond acceptors (Lipinski definition) is 11. The van der Waals surface area contributed by atoms with Crippen molar-refractivity contribution in [1.82, 2.24) is 10.3 Å². The minimum Gasteiger partial charge on any atom is -0.463 e. The fraction of sp³-hybridized carbons (Fsp3) is 0.448. The van der Waals surface area contributed by atoms with Crippen LogP contribution < -0.4 is 14.8 Å². The molecule has 1 amide bonds. The van der Waals surface area contributed by atoms with E-state index >= 15 is 0 Å². The smallest absolute Gasteiger partial charge is 0.463 e. The lowest BCUT2D eigenvalue weighted by molar-refractivity contribution is -0.176. The Bertz CT molecular complexity index is 1290. The van der Waals surface area contributed by atoms with Gasteiger partial charge < -0.3 is 29.0 Å². The van der Waals surface area contributed by atoms with E-state index in [1.807, 2.05) is 6.92 Å². The minimum absolute atomic E-state index is 0.185. The number of cyclic esters (lactones) is 2. The third-order valence-corrected chi connectivity index (χ3v) is 6.33. The molecule has 2 heterocycles. The zero-order chi connectivity index (χ0) is 30.3. The van der Waals surface area contributed by atoms with Crippen molar-refractivity contribution < 1.29 is 47.7 Å². The van der Waals surface area contributed by atoms with Crippen molar-refractivity contribution in [2.75, 3.05) is 6.61 Å². The topological polar surface area (TPSA) is 156 Å². The van der Waals surface area contributed by atoms with E-state index in [2.05, 4.69) is 10.3 Å². The molecular formula is C29H34N2O10. The van der Waals surface area contributed by atoms with Crippen molar-refractivity contribution in [2.45, 2.75) is 66.2 Å². The third kappa shape index (κ3) is 8.03. The standard InChI is InChI=1S/C29H34N2O10/c1-7-20-24(40-26(33)15(2)3)18(6)38-28(35)21(14-37-27(20)34)31-25(32)22-23(17(5)12-13-30-22)41-29(36)39-19-10-8-16(4)9-11-19/h8-13,15,18,20-21,24H,7,14H2,1-6H3,(H,31,32)/t18-,20+,21-,24-/m0/s1. The summed E-state index contributed by atoms with van der Waals surface area (Å²) in [7, 11) is 0. The van der Waals surface area contributed by atoms with Gasteiger partial charge in [-0.05, 0) is 51.0 Å². The van der Waals surface area contributed by atoms with Crippen LogP contribution in [-0.2, 0) is 28.6 Å². The van der Waals surface area contributed by atoms with Crippen molar-refractivity contribution in [3.8, 4) is 11.5 Å². The van der Waals surface area contributed by atoms with E-state index in [1.54, 1.807) is 52.0 Å². The number of nitrogens with zero attached hydrogens (tertiary/aromatic N) is 1. The summed E-state index contributed by atoms with van der Waals surface area (Å²) < 4.78 is 26.8. The summed E-state index contributed by atoms with van der Waals surface area (Å²) in [6, 6.07) is 6.76. The molecule has 1 aromatic carbocycles. The van der Waals surface area contributed by atoms with Crippen LogP contribution in [0.3, 0.4) is 0 Å². The molecular weight excluding hydrogens is 536 g/mol. The molecule has 0 saturated carbocycles. The molecule has 12 nitrogen and oxygen atoms in total. The second-order valence-electron chi connectivity index (χ2n) is 9.94. The highest BCUT2D eigenvalue weighted by Gasteiger charge is 2.41. The monoisotopic (exact) mass is 570 g/mol. The molecule has 41 heavy (non-hydrogen) atoms. The van der Waals surface area contributed by atoms with Crippen LogP contribution in [-0.4, -0.2) is 59.8 Å². The van der Waals surface area contributed by atoms with Crippen molar-refractivity contribution in [2.24, 2.45) is 11.8 Å². The third-order valence-electron chi connectivity index (χ3n) is 6.33. The molecule has 1 N–H and O–H groups in total. The van der Waals surface area contributed by atoms with Crippen molar-refractivity contribution in [1.29, 1.82) is 0 Å². The van der Waals surface area contributed by atoms with Gasteiger partial charge in [0.2, 0.25) is 0 Å². The number of rotatable bonds is 7. The number of pyridine rings is 1. The van der Waals surface area contributed by atoms with E-state index in [0.29, 0.717) is 5.56 Å². The first kappa shape index (κ1) is 31.1. The first-order valence-electron chi connectivity index (χ1n) is 13.2. The maximum absolute atomic E-state index is 13.2. The lowest BCUT2D eigenvalue weighted by Gasteiger charge is -2.29. The number of amides is 1. The van der Waals surface area contributed by atoms with Crippen LogP contribution >= 0.6 is 0 Å². The molecule has 1 aliphatic heterocycles. The Morgan fingerprint density at radius 2 is 1.73 bits per heavy atom. The van der Waals surface area contributed by atoms with E-state index in [-0.39, 0.29) is 23.6 Å². The molecule has 0 radical (unpaired) electrons. The van der Waals surface area contributed by atoms with Gasteiger partial charge in [-0.15, -0.1) is 0 Å². The molecule has 0 bridgehead atoms. The number of ether oxygens (including phenoxy) is 5. The normalized spacial score (nSPS) is 21.0. The molecule has 12 heteroatoms. The van der Waals surface area contributed by atoms with E-state index in [0.717, 1.165) is 5.56 Å². The molecule has 1 fully saturated rings. The Morgan fingerprint density at radius 3 is 2.37 bits per heavy atom. The van der Waals surface area contributed by atoms with E-state index in [9.17, 15) is 24.0 Å². The second-order valence-corrected chi connectivity index (χ2v) is 9.94. The lowest BCUT2D eigenvalue weighted by atomic mass is 9.95. The van der Waals surface area contributed by atoms with Gasteiger partial charge in [0.15, 0.2) is 23.6 Å². The predicted molar refractivity (Wildman–Crippen MR) is 143 cm³/mol. The number of benzene rings is 1. The molecule has 0 spiro atoms. The minimum atomic E-state index is -1.43. The van der Waals surface area contributed by atoms with E-state index in [1.165, 1.54) is 19.2 Å². The number of nitrogens with one attached hydrogen (secondary N) is 1. The molecule has 0 unspecified atom stereocenters. The quantitative estimate of drug-likeness (QED) is 0.295. The molecule has 2 aromatic rings. The molecule has 4 atom stereocenters. The highest BCUT2D eigenvalue weighted by atomic mass is 16.7. The van der Waals surface area contributed by atoms with Gasteiger partial charge in [-0.3, -0.25) is 14.4 Å². The first-order valence-corrected chi connectivity index (χ1v) is 13.2. The van der Waals surface area contributed by atoms with Crippen LogP contribution in [0.4, 0.5) is 4.79 Å². The molecule has 0 aliphatic carbocycles. The van der Waals surface area contributed by atoms with Crippen molar-refractivity contribution >= 4 is 30.0 Å². The SMILES string of the molecule is CC[C@H]1C(=O)OC[C@H](NC(=O)c2nccc(C)c2OC(=O)Oc2ccc(C)cc2)C(=O)O[C@@H](C)[C@@H]1OC(=O)C(C)C. The van der Waals surface area contributed by atoms with Gasteiger partial charge in [0.25, 0.3) is 5.91 Å². The van der Waals surface area contributed by atoms with Crippen molar-refractivity contribution in [3.05, 3.63) is 53.3 Å². The summed E-state index contributed by atoms with van der Waals surface area (Å²) in [6.07, 6.45) is -1.63. The van der Waals surface area contributed by atoms with E-state index < -0.39 is 66.7 Å². The Labute approximate surface area is 237 Å². The van der Waals surface area contributed by atoms with Crippen LogP contribution in [0.2, 0.25) is 0 Å². The first-order chi connectivity index (χ1) is 19.4. The van der Waals surface area contributed by atoms with Crippen molar-refractivity contribution in [3.63, 3.8) is 0 Å². The molecule has 1 aliphatic rings. The summed E-state index contributed by atoms with van der Waals surface area (Å²) in [5.41, 5.74) is 1.05. The van der Waals surface area contributed by atoms with Gasteiger partial charge >= 0.3 is 24.1 Å². The van der Waals surface area contributed by atoms with Gasteiger partial charge in [-0.1, -0.05) is 38.5 Å². The largest absolute Gasteiger partial charge is 0.519 e. The Hall–Kier alpha value is -4.48. The maximum Gasteiger partial charge on any atom is 0.519 e. The molecule has 1 aromatic heterocycles. The zero-order valence-electron chi connectivity index (χ0n) is 23.8. The van der Waals surface area contributed by atoms with Gasteiger partial charge in [0.05, 0.1) is 11.8 Å².